The Hall–Kier alpha value is -0.780. The Labute approximate surface area is 99.1 Å². The first kappa shape index (κ1) is 14.3. The fourth-order valence-electron chi connectivity index (χ4n) is 1.50. The fourth-order valence-corrected chi connectivity index (χ4v) is 1.50. The van der Waals surface area contributed by atoms with Crippen LogP contribution in [0.1, 0.15) is 33.1 Å². The van der Waals surface area contributed by atoms with Crippen molar-refractivity contribution in [2.24, 2.45) is 5.92 Å². The van der Waals surface area contributed by atoms with E-state index in [1.807, 2.05) is 13.8 Å². The van der Waals surface area contributed by atoms with Crippen LogP contribution in [0.3, 0.4) is 0 Å². The number of carbonyl (C=O) groups excluding carboxylic acids is 1. The van der Waals surface area contributed by atoms with Gasteiger partial charge in [-0.05, 0) is 25.2 Å². The lowest BCUT2D eigenvalue weighted by molar-refractivity contribution is -0.166. The molecule has 0 heterocycles. The minimum absolute atomic E-state index is 0.0653. The monoisotopic (exact) mass is 252 g/mol. The summed E-state index contributed by atoms with van der Waals surface area (Å²) in [4.78, 5) is 11.3. The maximum Gasteiger partial charge on any atom is 0.406 e. The van der Waals surface area contributed by atoms with Gasteiger partial charge in [0.1, 0.15) is 5.54 Å². The van der Waals surface area contributed by atoms with E-state index in [2.05, 4.69) is 10.6 Å². The zero-order valence-electron chi connectivity index (χ0n) is 10.2. The van der Waals surface area contributed by atoms with Crippen molar-refractivity contribution >= 4 is 5.91 Å². The van der Waals surface area contributed by atoms with E-state index in [1.165, 1.54) is 0 Å². The molecule has 1 fully saturated rings. The van der Waals surface area contributed by atoms with Gasteiger partial charge in [-0.15, -0.1) is 0 Å². The van der Waals surface area contributed by atoms with Gasteiger partial charge in [-0.1, -0.05) is 13.8 Å². The standard InChI is InChI=1S/C11H19F3N2O/c1-8(2)3-6-15-9(17)7-16-10(4-5-10)11(12,13)14/h8,16H,3-7H2,1-2H3,(H,15,17). The van der Waals surface area contributed by atoms with Crippen molar-refractivity contribution in [2.75, 3.05) is 13.1 Å². The summed E-state index contributed by atoms with van der Waals surface area (Å²) in [5, 5.41) is 4.91. The second kappa shape index (κ2) is 5.25. The van der Waals surface area contributed by atoms with Gasteiger partial charge in [0.25, 0.3) is 0 Å². The number of rotatable bonds is 6. The Bertz CT molecular complexity index is 272. The first-order valence-electron chi connectivity index (χ1n) is 5.85. The molecule has 0 aromatic carbocycles. The Morgan fingerprint density at radius 1 is 1.35 bits per heavy atom. The maximum atomic E-state index is 12.5. The Kier molecular flexibility index (Phi) is 4.41. The molecule has 3 nitrogen and oxygen atoms in total. The van der Waals surface area contributed by atoms with Crippen LogP contribution in [0.2, 0.25) is 0 Å². The third-order valence-corrected chi connectivity index (χ3v) is 2.92. The number of halogens is 3. The van der Waals surface area contributed by atoms with E-state index < -0.39 is 11.7 Å². The van der Waals surface area contributed by atoms with Crippen LogP contribution in [0.25, 0.3) is 0 Å². The molecule has 0 aromatic heterocycles. The molecule has 1 rings (SSSR count). The molecule has 0 aliphatic heterocycles. The van der Waals surface area contributed by atoms with Gasteiger partial charge in [0.05, 0.1) is 6.54 Å². The van der Waals surface area contributed by atoms with Crippen LogP contribution in [0, 0.1) is 5.92 Å². The predicted molar refractivity (Wildman–Crippen MR) is 58.5 cm³/mol. The van der Waals surface area contributed by atoms with Crippen molar-refractivity contribution in [3.8, 4) is 0 Å². The van der Waals surface area contributed by atoms with Crippen molar-refractivity contribution < 1.29 is 18.0 Å². The molecule has 1 amide bonds. The third-order valence-electron chi connectivity index (χ3n) is 2.92. The van der Waals surface area contributed by atoms with E-state index in [-0.39, 0.29) is 25.3 Å². The minimum atomic E-state index is -4.26. The summed E-state index contributed by atoms with van der Waals surface area (Å²) < 4.78 is 37.5. The average molecular weight is 252 g/mol. The van der Waals surface area contributed by atoms with Crippen LogP contribution in [-0.2, 0) is 4.79 Å². The molecule has 0 unspecified atom stereocenters. The number of hydrogen-bond donors (Lipinski definition) is 2. The van der Waals surface area contributed by atoms with Crippen molar-refractivity contribution in [1.29, 1.82) is 0 Å². The minimum Gasteiger partial charge on any atom is -0.355 e. The molecule has 1 saturated carbocycles. The van der Waals surface area contributed by atoms with Crippen molar-refractivity contribution in [3.63, 3.8) is 0 Å². The number of alkyl halides is 3. The molecule has 6 heteroatoms. The van der Waals surface area contributed by atoms with Gasteiger partial charge in [-0.25, -0.2) is 0 Å². The smallest absolute Gasteiger partial charge is 0.355 e. The van der Waals surface area contributed by atoms with E-state index in [1.54, 1.807) is 0 Å². The second-order valence-electron chi connectivity index (χ2n) is 4.97. The highest BCUT2D eigenvalue weighted by Gasteiger charge is 2.63. The molecule has 17 heavy (non-hydrogen) atoms. The summed E-state index contributed by atoms with van der Waals surface area (Å²) in [6.07, 6.45) is -3.30. The van der Waals surface area contributed by atoms with Gasteiger partial charge in [0, 0.05) is 6.54 Å². The topological polar surface area (TPSA) is 41.1 Å². The van der Waals surface area contributed by atoms with Crippen LogP contribution in [0.15, 0.2) is 0 Å². The molecule has 2 N–H and O–H groups in total. The van der Waals surface area contributed by atoms with Gasteiger partial charge in [0.15, 0.2) is 0 Å². The number of hydrogen-bond acceptors (Lipinski definition) is 2. The molecule has 0 saturated heterocycles. The molecule has 0 bridgehead atoms. The molecule has 0 spiro atoms. The normalized spacial score (nSPS) is 18.2. The van der Waals surface area contributed by atoms with Crippen molar-refractivity contribution in [2.45, 2.75) is 44.8 Å². The summed E-state index contributed by atoms with van der Waals surface area (Å²) in [7, 11) is 0. The third kappa shape index (κ3) is 4.18. The van der Waals surface area contributed by atoms with Gasteiger partial charge < -0.3 is 5.32 Å². The Morgan fingerprint density at radius 2 is 1.94 bits per heavy atom. The van der Waals surface area contributed by atoms with Crippen LogP contribution in [-0.4, -0.2) is 30.7 Å². The summed E-state index contributed by atoms with van der Waals surface area (Å²) in [6.45, 7) is 4.29. The van der Waals surface area contributed by atoms with Gasteiger partial charge in [0.2, 0.25) is 5.91 Å². The molecule has 1 aliphatic carbocycles. The molecule has 100 valence electrons. The molecular weight excluding hydrogens is 233 g/mol. The summed E-state index contributed by atoms with van der Waals surface area (Å²) in [5.74, 6) is 0.0920. The zero-order chi connectivity index (χ0) is 13.1. The number of carbonyl (C=O) groups is 1. The average Bonchev–Trinajstić information content (AvgIpc) is 2.93. The summed E-state index contributed by atoms with van der Waals surface area (Å²) in [5.41, 5.74) is -1.80. The lowest BCUT2D eigenvalue weighted by Crippen LogP contribution is -2.48. The summed E-state index contributed by atoms with van der Waals surface area (Å²) >= 11 is 0. The quantitative estimate of drug-likeness (QED) is 0.757. The highest BCUT2D eigenvalue weighted by molar-refractivity contribution is 5.78. The highest BCUT2D eigenvalue weighted by atomic mass is 19.4. The molecular formula is C11H19F3N2O. The second-order valence-corrected chi connectivity index (χ2v) is 4.97. The molecule has 1 aliphatic rings. The Morgan fingerprint density at radius 3 is 2.35 bits per heavy atom. The predicted octanol–water partition coefficient (Wildman–Crippen LogP) is 1.83. The van der Waals surface area contributed by atoms with E-state index in [0.717, 1.165) is 6.42 Å². The largest absolute Gasteiger partial charge is 0.406 e. The van der Waals surface area contributed by atoms with Gasteiger partial charge in [-0.2, -0.15) is 13.2 Å². The van der Waals surface area contributed by atoms with Crippen molar-refractivity contribution in [1.82, 2.24) is 10.6 Å². The van der Waals surface area contributed by atoms with E-state index in [4.69, 9.17) is 0 Å². The van der Waals surface area contributed by atoms with Crippen LogP contribution in [0.5, 0.6) is 0 Å². The lowest BCUT2D eigenvalue weighted by Gasteiger charge is -2.20. The number of nitrogens with one attached hydrogen (secondary N) is 2. The summed E-state index contributed by atoms with van der Waals surface area (Å²) in [6, 6.07) is 0. The van der Waals surface area contributed by atoms with Crippen LogP contribution in [0.4, 0.5) is 13.2 Å². The van der Waals surface area contributed by atoms with Gasteiger partial charge >= 0.3 is 6.18 Å². The van der Waals surface area contributed by atoms with E-state index >= 15 is 0 Å². The Balaban J connectivity index is 2.21. The van der Waals surface area contributed by atoms with Crippen molar-refractivity contribution in [3.05, 3.63) is 0 Å². The lowest BCUT2D eigenvalue weighted by atomic mass is 10.1. The zero-order valence-corrected chi connectivity index (χ0v) is 10.2. The number of amides is 1. The molecule has 0 radical (unpaired) electrons. The van der Waals surface area contributed by atoms with Crippen LogP contribution < -0.4 is 10.6 Å². The first-order valence-corrected chi connectivity index (χ1v) is 5.85. The van der Waals surface area contributed by atoms with E-state index in [0.29, 0.717) is 12.5 Å². The maximum absolute atomic E-state index is 12.5. The van der Waals surface area contributed by atoms with Crippen LogP contribution >= 0.6 is 0 Å². The fraction of sp³-hybridized carbons (Fsp3) is 0.909. The SMILES string of the molecule is CC(C)CCNC(=O)CNC1(C(F)(F)F)CC1. The first-order chi connectivity index (χ1) is 7.77. The highest BCUT2D eigenvalue weighted by Crippen LogP contribution is 2.48. The molecule has 0 aromatic rings. The van der Waals surface area contributed by atoms with Gasteiger partial charge in [-0.3, -0.25) is 10.1 Å². The molecule has 0 atom stereocenters. The van der Waals surface area contributed by atoms with E-state index in [9.17, 15) is 18.0 Å².